The van der Waals surface area contributed by atoms with Gasteiger partial charge in [-0.2, -0.15) is 0 Å². The van der Waals surface area contributed by atoms with Gasteiger partial charge in [0.2, 0.25) is 0 Å². The number of hydrogen-bond acceptors (Lipinski definition) is 6. The topological polar surface area (TPSA) is 68.0 Å². The van der Waals surface area contributed by atoms with Crippen LogP contribution >= 0.6 is 15.9 Å². The molecule has 0 saturated heterocycles. The highest BCUT2D eigenvalue weighted by Gasteiger charge is 2.17. The Labute approximate surface area is 208 Å². The molecule has 0 atom stereocenters. The summed E-state index contributed by atoms with van der Waals surface area (Å²) in [5, 5.41) is 0. The molecule has 7 heteroatoms. The lowest BCUT2D eigenvalue weighted by Crippen LogP contribution is -2.27. The molecule has 0 spiro atoms. The van der Waals surface area contributed by atoms with E-state index in [1.807, 2.05) is 0 Å². The lowest BCUT2D eigenvalue weighted by atomic mass is 10.0. The Morgan fingerprint density at radius 1 is 1.03 bits per heavy atom. The molecule has 3 aromatic rings. The van der Waals surface area contributed by atoms with Gasteiger partial charge in [-0.25, -0.2) is 4.79 Å². The molecule has 3 aromatic carbocycles. The summed E-state index contributed by atoms with van der Waals surface area (Å²) in [6.07, 6.45) is 5.83. The summed E-state index contributed by atoms with van der Waals surface area (Å²) in [6.45, 7) is 2.21. The summed E-state index contributed by atoms with van der Waals surface area (Å²) in [5.74, 6) is 0.387. The number of esters is 1. The molecule has 6 nitrogen and oxygen atoms in total. The number of carbonyl (C=O) groups is 1. The highest BCUT2D eigenvalue weighted by molar-refractivity contribution is 9.10. The van der Waals surface area contributed by atoms with Crippen LogP contribution in [-0.2, 0) is 11.2 Å². The SMILES string of the molecule is COC(=O)c1ccc(OCCCN2C=CN(c3cccc(Cc4ccc(Br)cc4)c3N)C2)cc1. The number of hydrogen-bond donors (Lipinski definition) is 1. The summed E-state index contributed by atoms with van der Waals surface area (Å²) in [7, 11) is 1.37. The van der Waals surface area contributed by atoms with Crippen molar-refractivity contribution in [3.63, 3.8) is 0 Å². The minimum Gasteiger partial charge on any atom is -0.494 e. The van der Waals surface area contributed by atoms with Crippen molar-refractivity contribution in [3.05, 3.63) is 100 Å². The number of halogens is 1. The monoisotopic (exact) mass is 521 g/mol. The van der Waals surface area contributed by atoms with E-state index >= 15 is 0 Å². The van der Waals surface area contributed by atoms with Crippen LogP contribution in [0.5, 0.6) is 5.75 Å². The third-order valence-corrected chi connectivity index (χ3v) is 6.24. The lowest BCUT2D eigenvalue weighted by Gasteiger charge is -2.23. The molecule has 4 rings (SSSR count). The van der Waals surface area contributed by atoms with E-state index in [9.17, 15) is 4.79 Å². The molecule has 1 aliphatic rings. The minimum atomic E-state index is -0.351. The van der Waals surface area contributed by atoms with Crippen LogP contribution in [0.3, 0.4) is 0 Å². The van der Waals surface area contributed by atoms with Crippen molar-refractivity contribution in [1.82, 2.24) is 4.90 Å². The zero-order valence-electron chi connectivity index (χ0n) is 19.1. The molecular formula is C27H28BrN3O3. The Kier molecular flexibility index (Phi) is 7.75. The number of para-hydroxylation sites is 1. The average Bonchev–Trinajstić information content (AvgIpc) is 3.33. The number of nitrogens with zero attached hydrogens (tertiary/aromatic N) is 2. The molecule has 0 saturated carbocycles. The van der Waals surface area contributed by atoms with Crippen molar-refractivity contribution in [3.8, 4) is 5.75 Å². The van der Waals surface area contributed by atoms with Gasteiger partial charge < -0.3 is 25.0 Å². The van der Waals surface area contributed by atoms with Crippen LogP contribution in [-0.4, -0.2) is 37.8 Å². The molecule has 0 aromatic heterocycles. The Morgan fingerprint density at radius 2 is 1.79 bits per heavy atom. The summed E-state index contributed by atoms with van der Waals surface area (Å²) in [5.41, 5.74) is 11.3. The van der Waals surface area contributed by atoms with Gasteiger partial charge in [0.15, 0.2) is 0 Å². The van der Waals surface area contributed by atoms with Gasteiger partial charge in [0.1, 0.15) is 5.75 Å². The van der Waals surface area contributed by atoms with Gasteiger partial charge in [-0.3, -0.25) is 0 Å². The second-order valence-electron chi connectivity index (χ2n) is 8.09. The van der Waals surface area contributed by atoms with E-state index in [1.54, 1.807) is 24.3 Å². The van der Waals surface area contributed by atoms with Gasteiger partial charge in [-0.15, -0.1) is 0 Å². The number of methoxy groups -OCH3 is 1. The first-order valence-corrected chi connectivity index (χ1v) is 11.9. The molecule has 0 amide bonds. The quantitative estimate of drug-likeness (QED) is 0.230. The van der Waals surface area contributed by atoms with Crippen molar-refractivity contribution in [1.29, 1.82) is 0 Å². The maximum Gasteiger partial charge on any atom is 0.337 e. The molecule has 0 fully saturated rings. The van der Waals surface area contributed by atoms with Crippen LogP contribution in [0.15, 0.2) is 83.6 Å². The second-order valence-corrected chi connectivity index (χ2v) is 9.01. The van der Waals surface area contributed by atoms with Crippen LogP contribution in [0, 0.1) is 0 Å². The van der Waals surface area contributed by atoms with Crippen LogP contribution in [0.4, 0.5) is 11.4 Å². The van der Waals surface area contributed by atoms with Crippen molar-refractivity contribution in [2.75, 3.05) is 37.6 Å². The Balaban J connectivity index is 1.26. The lowest BCUT2D eigenvalue weighted by molar-refractivity contribution is 0.0600. The second kappa shape index (κ2) is 11.1. The Morgan fingerprint density at radius 3 is 2.53 bits per heavy atom. The fourth-order valence-corrected chi connectivity index (χ4v) is 4.12. The predicted octanol–water partition coefficient (Wildman–Crippen LogP) is 5.43. The van der Waals surface area contributed by atoms with Crippen LogP contribution in [0.2, 0.25) is 0 Å². The van der Waals surface area contributed by atoms with E-state index in [0.29, 0.717) is 12.2 Å². The summed E-state index contributed by atoms with van der Waals surface area (Å²) >= 11 is 3.48. The Hall–Kier alpha value is -3.45. The summed E-state index contributed by atoms with van der Waals surface area (Å²) < 4.78 is 11.6. The molecule has 0 aliphatic carbocycles. The number of nitrogens with two attached hydrogens (primary N) is 1. The number of benzene rings is 3. The van der Waals surface area contributed by atoms with Crippen molar-refractivity contribution in [2.45, 2.75) is 12.8 Å². The van der Waals surface area contributed by atoms with Gasteiger partial charge in [0.05, 0.1) is 37.3 Å². The first-order valence-electron chi connectivity index (χ1n) is 11.2. The van der Waals surface area contributed by atoms with E-state index in [2.05, 4.69) is 80.6 Å². The van der Waals surface area contributed by atoms with Gasteiger partial charge in [0, 0.05) is 23.4 Å². The fraction of sp³-hybridized carbons (Fsp3) is 0.222. The number of carbonyl (C=O) groups excluding carboxylic acids is 1. The van der Waals surface area contributed by atoms with Crippen LogP contribution < -0.4 is 15.4 Å². The minimum absolute atomic E-state index is 0.351. The zero-order chi connectivity index (χ0) is 23.9. The first kappa shape index (κ1) is 23.7. The van der Waals surface area contributed by atoms with Crippen LogP contribution in [0.25, 0.3) is 0 Å². The average molecular weight is 522 g/mol. The molecule has 1 aliphatic heterocycles. The third kappa shape index (κ3) is 5.91. The molecule has 0 unspecified atom stereocenters. The summed E-state index contributed by atoms with van der Waals surface area (Å²) in [4.78, 5) is 15.9. The van der Waals surface area contributed by atoms with Gasteiger partial charge >= 0.3 is 5.97 Å². The van der Waals surface area contributed by atoms with E-state index < -0.39 is 0 Å². The third-order valence-electron chi connectivity index (χ3n) is 5.72. The summed E-state index contributed by atoms with van der Waals surface area (Å²) in [6, 6.07) is 21.5. The standard InChI is InChI=1S/C27H28BrN3O3/c1-33-27(32)21-8-12-24(13-9-21)34-17-3-14-30-15-16-31(19-30)25-5-2-4-22(26(25)29)18-20-6-10-23(28)11-7-20/h2,4-13,15-16H,3,14,17-19,29H2,1H3. The highest BCUT2D eigenvalue weighted by Crippen LogP contribution is 2.30. The molecule has 0 radical (unpaired) electrons. The fourth-order valence-electron chi connectivity index (χ4n) is 3.86. The largest absolute Gasteiger partial charge is 0.494 e. The number of ether oxygens (including phenoxy) is 2. The van der Waals surface area contributed by atoms with E-state index in [1.165, 1.54) is 12.7 Å². The molecule has 0 bridgehead atoms. The number of rotatable bonds is 9. The van der Waals surface area contributed by atoms with Crippen molar-refractivity contribution in [2.24, 2.45) is 0 Å². The van der Waals surface area contributed by atoms with Gasteiger partial charge in [0.25, 0.3) is 0 Å². The Bertz CT molecular complexity index is 1150. The molecular weight excluding hydrogens is 494 g/mol. The van der Waals surface area contributed by atoms with Crippen molar-refractivity contribution >= 4 is 33.3 Å². The molecule has 176 valence electrons. The number of anilines is 2. The molecule has 2 N–H and O–H groups in total. The van der Waals surface area contributed by atoms with E-state index in [4.69, 9.17) is 15.2 Å². The van der Waals surface area contributed by atoms with Crippen LogP contribution in [0.1, 0.15) is 27.9 Å². The zero-order valence-corrected chi connectivity index (χ0v) is 20.7. The van der Waals surface area contributed by atoms with E-state index in [-0.39, 0.29) is 5.97 Å². The first-order chi connectivity index (χ1) is 16.5. The highest BCUT2D eigenvalue weighted by atomic mass is 79.9. The smallest absolute Gasteiger partial charge is 0.337 e. The van der Waals surface area contributed by atoms with E-state index in [0.717, 1.165) is 53.2 Å². The van der Waals surface area contributed by atoms with Gasteiger partial charge in [-0.1, -0.05) is 40.2 Å². The normalized spacial score (nSPS) is 12.8. The molecule has 34 heavy (non-hydrogen) atoms. The van der Waals surface area contributed by atoms with Gasteiger partial charge in [-0.05, 0) is 66.4 Å². The maximum absolute atomic E-state index is 11.5. The molecule has 1 heterocycles. The van der Waals surface area contributed by atoms with Crippen molar-refractivity contribution < 1.29 is 14.3 Å². The predicted molar refractivity (Wildman–Crippen MR) is 139 cm³/mol. The maximum atomic E-state index is 11.5. The number of nitrogen functional groups attached to an aromatic ring is 1.